The molecule has 53 valence electrons. The molecular formula is C7H15N2. The molecule has 2 nitrogen and oxygen atoms in total. The van der Waals surface area contributed by atoms with Gasteiger partial charge in [0.2, 0.25) is 0 Å². The molecule has 1 aliphatic rings. The first-order chi connectivity index (χ1) is 4.34. The van der Waals surface area contributed by atoms with E-state index in [1.807, 2.05) is 5.01 Å². The topological polar surface area (TPSA) is 6.48 Å². The Morgan fingerprint density at radius 2 is 2.00 bits per heavy atom. The molecule has 1 fully saturated rings. The summed E-state index contributed by atoms with van der Waals surface area (Å²) in [5.41, 5.74) is 0. The van der Waals surface area contributed by atoms with Crippen molar-refractivity contribution in [3.05, 3.63) is 7.05 Å². The van der Waals surface area contributed by atoms with Gasteiger partial charge in [-0.15, -0.1) is 0 Å². The summed E-state index contributed by atoms with van der Waals surface area (Å²) in [5.74, 6) is 0. The van der Waals surface area contributed by atoms with Gasteiger partial charge in [0, 0.05) is 26.7 Å². The van der Waals surface area contributed by atoms with Crippen LogP contribution in [0.2, 0.25) is 0 Å². The Bertz CT molecular complexity index is 77.0. The Hall–Kier alpha value is -0.0800. The number of hydrogen-bond acceptors (Lipinski definition) is 2. The third-order valence-electron chi connectivity index (χ3n) is 1.85. The zero-order valence-electron chi connectivity index (χ0n) is 6.14. The lowest BCUT2D eigenvalue weighted by Gasteiger charge is -2.25. The molecule has 2 heteroatoms. The molecular weight excluding hydrogens is 112 g/mol. The summed E-state index contributed by atoms with van der Waals surface area (Å²) in [7, 11) is 3.90. The number of hydrogen-bond donors (Lipinski definition) is 0. The summed E-state index contributed by atoms with van der Waals surface area (Å²) in [6.45, 7) is 5.57. The molecule has 0 spiro atoms. The molecule has 0 aromatic carbocycles. The predicted octanol–water partition coefficient (Wildman–Crippen LogP) is 1.11. The van der Waals surface area contributed by atoms with Crippen LogP contribution in [0.15, 0.2) is 0 Å². The highest BCUT2D eigenvalue weighted by atomic mass is 15.6. The smallest absolute Gasteiger partial charge is 0.0275 e. The highest BCUT2D eigenvalue weighted by molar-refractivity contribution is 4.63. The molecule has 0 bridgehead atoms. The lowest BCUT2D eigenvalue weighted by molar-refractivity contribution is 0.0506. The van der Waals surface area contributed by atoms with Crippen molar-refractivity contribution in [2.75, 3.05) is 19.6 Å². The van der Waals surface area contributed by atoms with Gasteiger partial charge in [0.05, 0.1) is 0 Å². The summed E-state index contributed by atoms with van der Waals surface area (Å²) in [5, 5.41) is 4.35. The van der Waals surface area contributed by atoms with Crippen molar-refractivity contribution < 1.29 is 0 Å². The van der Waals surface area contributed by atoms with E-state index in [2.05, 4.69) is 19.0 Å². The highest BCUT2D eigenvalue weighted by Crippen LogP contribution is 2.08. The van der Waals surface area contributed by atoms with Crippen LogP contribution in [0.3, 0.4) is 0 Å². The molecule has 1 saturated heterocycles. The minimum absolute atomic E-state index is 1.03. The van der Waals surface area contributed by atoms with Crippen LogP contribution >= 0.6 is 0 Å². The van der Waals surface area contributed by atoms with Gasteiger partial charge in [0.1, 0.15) is 0 Å². The molecule has 1 aliphatic heterocycles. The van der Waals surface area contributed by atoms with Crippen LogP contribution in [-0.2, 0) is 0 Å². The molecule has 0 aliphatic carbocycles. The van der Waals surface area contributed by atoms with Crippen molar-refractivity contribution in [3.8, 4) is 0 Å². The van der Waals surface area contributed by atoms with E-state index in [1.165, 1.54) is 25.9 Å². The van der Waals surface area contributed by atoms with Gasteiger partial charge in [0.15, 0.2) is 0 Å². The molecule has 0 aromatic rings. The van der Waals surface area contributed by atoms with Gasteiger partial charge < -0.3 is 0 Å². The van der Waals surface area contributed by atoms with Crippen LogP contribution < -0.4 is 0 Å². The van der Waals surface area contributed by atoms with E-state index >= 15 is 0 Å². The highest BCUT2D eigenvalue weighted by Gasteiger charge is 2.13. The first kappa shape index (κ1) is 7.03. The fourth-order valence-electron chi connectivity index (χ4n) is 1.18. The van der Waals surface area contributed by atoms with Crippen LogP contribution in [0.25, 0.3) is 0 Å². The predicted molar refractivity (Wildman–Crippen MR) is 38.5 cm³/mol. The Morgan fingerprint density at radius 1 is 1.44 bits per heavy atom. The van der Waals surface area contributed by atoms with Crippen molar-refractivity contribution in [2.45, 2.75) is 19.8 Å². The molecule has 0 aromatic heterocycles. The van der Waals surface area contributed by atoms with Gasteiger partial charge in [-0.05, 0) is 12.8 Å². The van der Waals surface area contributed by atoms with Gasteiger partial charge in [0.25, 0.3) is 0 Å². The Morgan fingerprint density at radius 3 is 2.44 bits per heavy atom. The maximum atomic E-state index is 3.90. The average Bonchev–Trinajstić information content (AvgIpc) is 2.37. The second kappa shape index (κ2) is 3.18. The van der Waals surface area contributed by atoms with Gasteiger partial charge >= 0.3 is 0 Å². The summed E-state index contributed by atoms with van der Waals surface area (Å²) >= 11 is 0. The number of hydrazine groups is 1. The fourth-order valence-corrected chi connectivity index (χ4v) is 1.18. The molecule has 9 heavy (non-hydrogen) atoms. The van der Waals surface area contributed by atoms with Crippen molar-refractivity contribution in [1.29, 1.82) is 0 Å². The van der Waals surface area contributed by atoms with E-state index in [9.17, 15) is 0 Å². The molecule has 0 N–H and O–H groups in total. The third kappa shape index (κ3) is 1.66. The minimum atomic E-state index is 1.03. The van der Waals surface area contributed by atoms with Crippen LogP contribution in [0, 0.1) is 7.05 Å². The van der Waals surface area contributed by atoms with Crippen molar-refractivity contribution in [3.63, 3.8) is 0 Å². The van der Waals surface area contributed by atoms with Gasteiger partial charge in [-0.2, -0.15) is 0 Å². The lowest BCUT2D eigenvalue weighted by Crippen LogP contribution is -2.35. The molecule has 1 radical (unpaired) electrons. The molecule has 0 amide bonds. The summed E-state index contributed by atoms with van der Waals surface area (Å²) in [6, 6.07) is 0. The van der Waals surface area contributed by atoms with Crippen molar-refractivity contribution >= 4 is 0 Å². The standard InChI is InChI=1S/C7H15N2/c1-3-8(2)9-6-4-5-7-9/h2-7H2,1H3. The van der Waals surface area contributed by atoms with E-state index in [1.54, 1.807) is 0 Å². The lowest BCUT2D eigenvalue weighted by atomic mass is 10.4. The second-order valence-corrected chi connectivity index (χ2v) is 2.48. The van der Waals surface area contributed by atoms with Crippen molar-refractivity contribution in [1.82, 2.24) is 10.0 Å². The van der Waals surface area contributed by atoms with E-state index in [-0.39, 0.29) is 0 Å². The summed E-state index contributed by atoms with van der Waals surface area (Å²) < 4.78 is 0. The van der Waals surface area contributed by atoms with Crippen LogP contribution in [0.4, 0.5) is 0 Å². The zero-order valence-corrected chi connectivity index (χ0v) is 6.14. The molecule has 1 rings (SSSR count). The molecule has 1 heterocycles. The molecule has 0 saturated carbocycles. The van der Waals surface area contributed by atoms with Crippen LogP contribution in [-0.4, -0.2) is 29.7 Å². The normalized spacial score (nSPS) is 21.7. The van der Waals surface area contributed by atoms with E-state index in [0.29, 0.717) is 0 Å². The SMILES string of the molecule is [CH2]N(CC)N1CCCC1. The largest absolute Gasteiger partial charge is 0.242 e. The van der Waals surface area contributed by atoms with E-state index < -0.39 is 0 Å². The van der Waals surface area contributed by atoms with Gasteiger partial charge in [-0.1, -0.05) is 6.92 Å². The summed E-state index contributed by atoms with van der Waals surface area (Å²) in [6.07, 6.45) is 2.68. The average molecular weight is 127 g/mol. The van der Waals surface area contributed by atoms with Crippen LogP contribution in [0.1, 0.15) is 19.8 Å². The molecule has 0 atom stereocenters. The maximum Gasteiger partial charge on any atom is 0.0275 e. The first-order valence-corrected chi connectivity index (χ1v) is 3.67. The monoisotopic (exact) mass is 127 g/mol. The maximum absolute atomic E-state index is 3.90. The molecule has 0 unspecified atom stereocenters. The Kier molecular flexibility index (Phi) is 2.49. The minimum Gasteiger partial charge on any atom is -0.242 e. The zero-order chi connectivity index (χ0) is 6.69. The number of rotatable bonds is 2. The first-order valence-electron chi connectivity index (χ1n) is 3.67. The van der Waals surface area contributed by atoms with Crippen LogP contribution in [0.5, 0.6) is 0 Å². The van der Waals surface area contributed by atoms with Gasteiger partial charge in [-0.25, -0.2) is 10.0 Å². The second-order valence-electron chi connectivity index (χ2n) is 2.48. The van der Waals surface area contributed by atoms with E-state index in [0.717, 1.165) is 6.54 Å². The van der Waals surface area contributed by atoms with Gasteiger partial charge in [-0.3, -0.25) is 0 Å². The Labute approximate surface area is 57.4 Å². The Balaban J connectivity index is 2.24. The van der Waals surface area contributed by atoms with E-state index in [4.69, 9.17) is 0 Å². The third-order valence-corrected chi connectivity index (χ3v) is 1.85. The quantitative estimate of drug-likeness (QED) is 0.548. The fraction of sp³-hybridized carbons (Fsp3) is 0.857. The number of nitrogens with zero attached hydrogens (tertiary/aromatic N) is 2. The summed E-state index contributed by atoms with van der Waals surface area (Å²) in [4.78, 5) is 0. The van der Waals surface area contributed by atoms with Crippen molar-refractivity contribution in [2.24, 2.45) is 0 Å².